The van der Waals surface area contributed by atoms with Crippen molar-refractivity contribution in [1.29, 1.82) is 0 Å². The van der Waals surface area contributed by atoms with E-state index < -0.39 is 17.6 Å². The third-order valence-electron chi connectivity index (χ3n) is 2.38. The van der Waals surface area contributed by atoms with Gasteiger partial charge in [-0.25, -0.2) is 9.59 Å². The SMILES string of the molecule is C=C(C)C1(NC(=O)OCC)CCOC1=O. The van der Waals surface area contributed by atoms with E-state index in [2.05, 4.69) is 11.9 Å². The molecule has 5 nitrogen and oxygen atoms in total. The number of carbonyl (C=O) groups is 2. The average molecular weight is 213 g/mol. The molecule has 1 saturated heterocycles. The van der Waals surface area contributed by atoms with Crippen LogP contribution in [0.1, 0.15) is 20.3 Å². The number of cyclic esters (lactones) is 1. The van der Waals surface area contributed by atoms with Gasteiger partial charge in [0.25, 0.3) is 0 Å². The van der Waals surface area contributed by atoms with Crippen LogP contribution in [0.15, 0.2) is 12.2 Å². The molecule has 1 aliphatic rings. The van der Waals surface area contributed by atoms with Gasteiger partial charge in [-0.1, -0.05) is 6.58 Å². The topological polar surface area (TPSA) is 64.6 Å². The van der Waals surface area contributed by atoms with Crippen molar-refractivity contribution in [2.45, 2.75) is 25.8 Å². The fourth-order valence-electron chi connectivity index (χ4n) is 1.47. The molecule has 0 aromatic carbocycles. The van der Waals surface area contributed by atoms with Gasteiger partial charge in [0.15, 0.2) is 5.54 Å². The van der Waals surface area contributed by atoms with Crippen molar-refractivity contribution in [1.82, 2.24) is 5.32 Å². The largest absolute Gasteiger partial charge is 0.464 e. The van der Waals surface area contributed by atoms with E-state index in [-0.39, 0.29) is 13.2 Å². The standard InChI is InChI=1S/C10H15NO4/c1-4-14-9(13)11-10(7(2)3)5-6-15-8(10)12/h2,4-6H2,1,3H3,(H,11,13). The number of esters is 1. The highest BCUT2D eigenvalue weighted by molar-refractivity contribution is 5.90. The summed E-state index contributed by atoms with van der Waals surface area (Å²) >= 11 is 0. The molecule has 1 aliphatic heterocycles. The summed E-state index contributed by atoms with van der Waals surface area (Å²) in [5.74, 6) is -0.469. The lowest BCUT2D eigenvalue weighted by Crippen LogP contribution is -2.52. The first kappa shape index (κ1) is 11.6. The number of hydrogen-bond donors (Lipinski definition) is 1. The van der Waals surface area contributed by atoms with Gasteiger partial charge in [0.2, 0.25) is 0 Å². The Kier molecular flexibility index (Phi) is 3.34. The summed E-state index contributed by atoms with van der Waals surface area (Å²) in [6, 6.07) is 0. The summed E-state index contributed by atoms with van der Waals surface area (Å²) in [5.41, 5.74) is -0.551. The van der Waals surface area contributed by atoms with Gasteiger partial charge < -0.3 is 14.8 Å². The van der Waals surface area contributed by atoms with E-state index >= 15 is 0 Å². The van der Waals surface area contributed by atoms with Gasteiger partial charge >= 0.3 is 12.1 Å². The Morgan fingerprint density at radius 3 is 2.80 bits per heavy atom. The fourth-order valence-corrected chi connectivity index (χ4v) is 1.47. The molecule has 0 radical (unpaired) electrons. The highest BCUT2D eigenvalue weighted by atomic mass is 16.6. The normalized spacial score (nSPS) is 24.5. The number of carbonyl (C=O) groups excluding carboxylic acids is 2. The van der Waals surface area contributed by atoms with Gasteiger partial charge in [-0.3, -0.25) is 0 Å². The molecular formula is C10H15NO4. The second kappa shape index (κ2) is 4.33. The minimum absolute atomic E-state index is 0.257. The first-order valence-corrected chi connectivity index (χ1v) is 4.81. The zero-order valence-electron chi connectivity index (χ0n) is 8.96. The number of hydrogen-bond acceptors (Lipinski definition) is 4. The van der Waals surface area contributed by atoms with Crippen LogP contribution in [0.3, 0.4) is 0 Å². The molecule has 0 aliphatic carbocycles. The van der Waals surface area contributed by atoms with Gasteiger partial charge in [0, 0.05) is 6.42 Å². The molecule has 0 spiro atoms. The van der Waals surface area contributed by atoms with Crippen LogP contribution in [0.4, 0.5) is 4.79 Å². The summed E-state index contributed by atoms with van der Waals surface area (Å²) in [6.45, 7) is 7.62. The molecule has 0 aromatic heterocycles. The zero-order valence-corrected chi connectivity index (χ0v) is 8.96. The highest BCUT2D eigenvalue weighted by Gasteiger charge is 2.47. The van der Waals surface area contributed by atoms with E-state index in [9.17, 15) is 9.59 Å². The van der Waals surface area contributed by atoms with Gasteiger partial charge in [0.05, 0.1) is 13.2 Å². The molecule has 1 amide bonds. The Balaban J connectivity index is 2.79. The predicted molar refractivity (Wildman–Crippen MR) is 53.3 cm³/mol. The van der Waals surface area contributed by atoms with Crippen molar-refractivity contribution >= 4 is 12.1 Å². The number of amides is 1. The molecule has 0 aromatic rings. The fraction of sp³-hybridized carbons (Fsp3) is 0.600. The maximum atomic E-state index is 11.5. The minimum Gasteiger partial charge on any atom is -0.464 e. The average Bonchev–Trinajstić information content (AvgIpc) is 2.49. The number of nitrogens with one attached hydrogen (secondary N) is 1. The van der Waals surface area contributed by atoms with Gasteiger partial charge in [0.1, 0.15) is 0 Å². The number of ether oxygens (including phenoxy) is 2. The van der Waals surface area contributed by atoms with Crippen LogP contribution in [0.25, 0.3) is 0 Å². The van der Waals surface area contributed by atoms with Crippen LogP contribution in [0.2, 0.25) is 0 Å². The van der Waals surface area contributed by atoms with E-state index in [1.54, 1.807) is 13.8 Å². The van der Waals surface area contributed by atoms with Crippen molar-refractivity contribution in [3.05, 3.63) is 12.2 Å². The van der Waals surface area contributed by atoms with E-state index in [4.69, 9.17) is 9.47 Å². The summed E-state index contributed by atoms with van der Waals surface area (Å²) in [6.07, 6.45) is -0.223. The minimum atomic E-state index is -1.10. The number of alkyl carbamates (subject to hydrolysis) is 1. The second-order valence-electron chi connectivity index (χ2n) is 3.42. The zero-order chi connectivity index (χ0) is 11.5. The lowest BCUT2D eigenvalue weighted by atomic mass is 9.90. The molecule has 0 bridgehead atoms. The van der Waals surface area contributed by atoms with E-state index in [0.29, 0.717) is 12.0 Å². The molecule has 5 heteroatoms. The summed E-state index contributed by atoms with van der Waals surface area (Å²) in [4.78, 5) is 22.8. The molecular weight excluding hydrogens is 198 g/mol. The van der Waals surface area contributed by atoms with E-state index in [1.807, 2.05) is 0 Å². The molecule has 1 heterocycles. The van der Waals surface area contributed by atoms with Crippen molar-refractivity contribution < 1.29 is 19.1 Å². The Bertz CT molecular complexity index is 300. The highest BCUT2D eigenvalue weighted by Crippen LogP contribution is 2.27. The summed E-state index contributed by atoms with van der Waals surface area (Å²) in [7, 11) is 0. The van der Waals surface area contributed by atoms with E-state index in [1.165, 1.54) is 0 Å². The molecule has 84 valence electrons. The van der Waals surface area contributed by atoms with Gasteiger partial charge in [-0.05, 0) is 19.4 Å². The van der Waals surface area contributed by atoms with Crippen molar-refractivity contribution in [2.75, 3.05) is 13.2 Å². The molecule has 1 unspecified atom stereocenters. The Morgan fingerprint density at radius 2 is 2.40 bits per heavy atom. The quantitative estimate of drug-likeness (QED) is 0.561. The van der Waals surface area contributed by atoms with Crippen molar-refractivity contribution in [2.24, 2.45) is 0 Å². The van der Waals surface area contributed by atoms with Crippen LogP contribution in [0.5, 0.6) is 0 Å². The molecule has 15 heavy (non-hydrogen) atoms. The second-order valence-corrected chi connectivity index (χ2v) is 3.42. The van der Waals surface area contributed by atoms with Crippen LogP contribution < -0.4 is 5.32 Å². The first-order chi connectivity index (χ1) is 7.03. The van der Waals surface area contributed by atoms with Gasteiger partial charge in [-0.15, -0.1) is 0 Å². The van der Waals surface area contributed by atoms with Crippen LogP contribution in [-0.4, -0.2) is 30.8 Å². The van der Waals surface area contributed by atoms with Crippen LogP contribution in [-0.2, 0) is 14.3 Å². The summed E-state index contributed by atoms with van der Waals surface area (Å²) < 4.78 is 9.57. The maximum Gasteiger partial charge on any atom is 0.408 e. The van der Waals surface area contributed by atoms with E-state index in [0.717, 1.165) is 0 Å². The molecule has 0 saturated carbocycles. The predicted octanol–water partition coefficient (Wildman–Crippen LogP) is 0.994. The lowest BCUT2D eigenvalue weighted by molar-refractivity contribution is -0.142. The Hall–Kier alpha value is -1.52. The third-order valence-corrected chi connectivity index (χ3v) is 2.38. The lowest BCUT2D eigenvalue weighted by Gasteiger charge is -2.25. The first-order valence-electron chi connectivity index (χ1n) is 4.81. The molecule has 1 rings (SSSR count). The van der Waals surface area contributed by atoms with Gasteiger partial charge in [-0.2, -0.15) is 0 Å². The van der Waals surface area contributed by atoms with Crippen LogP contribution in [0, 0.1) is 0 Å². The summed E-state index contributed by atoms with van der Waals surface area (Å²) in [5, 5.41) is 2.51. The smallest absolute Gasteiger partial charge is 0.408 e. The molecule has 1 fully saturated rings. The molecule has 1 N–H and O–H groups in total. The Labute approximate surface area is 88.4 Å². The van der Waals surface area contributed by atoms with Crippen molar-refractivity contribution in [3.8, 4) is 0 Å². The number of rotatable bonds is 3. The Morgan fingerprint density at radius 1 is 1.73 bits per heavy atom. The maximum absolute atomic E-state index is 11.5. The van der Waals surface area contributed by atoms with Crippen LogP contribution >= 0.6 is 0 Å². The monoisotopic (exact) mass is 213 g/mol. The molecule has 1 atom stereocenters. The van der Waals surface area contributed by atoms with Crippen molar-refractivity contribution in [3.63, 3.8) is 0 Å². The third kappa shape index (κ3) is 2.11.